The minimum atomic E-state index is -5.59. The van der Waals surface area contributed by atoms with Crippen molar-refractivity contribution in [2.24, 2.45) is 0 Å². The number of hydrogen-bond acceptors (Lipinski definition) is 11. The molecule has 3 rings (SSSR count). The predicted molar refractivity (Wildman–Crippen MR) is 101 cm³/mol. The molecular weight excluding hydrogens is 482 g/mol. The summed E-state index contributed by atoms with van der Waals surface area (Å²) in [4.78, 5) is 57.6. The zero-order chi connectivity index (χ0) is 22.3. The molecule has 2 aromatic heterocycles. The van der Waals surface area contributed by atoms with E-state index in [2.05, 4.69) is 28.1 Å². The quantitative estimate of drug-likeness (QED) is 0.195. The Bertz CT molecular complexity index is 1150. The largest absolute Gasteiger partial charge is 0.490 e. The summed E-state index contributed by atoms with van der Waals surface area (Å²) in [6.45, 7) is -0.580. The fraction of sp³-hybridized carbons (Fsp3) is 0.500. The van der Waals surface area contributed by atoms with Gasteiger partial charge in [-0.1, -0.05) is 0 Å². The smallest absolute Gasteiger partial charge is 0.369 e. The summed E-state index contributed by atoms with van der Waals surface area (Å²) < 4.78 is 52.5. The predicted octanol–water partition coefficient (Wildman–Crippen LogP) is -0.658. The Morgan fingerprint density at radius 3 is 2.52 bits per heavy atom. The van der Waals surface area contributed by atoms with Gasteiger partial charge in [0.1, 0.15) is 6.23 Å². The number of nitrogens with zero attached hydrogens (tertiary/aromatic N) is 3. The molecule has 1 aliphatic heterocycles. The number of ether oxygens (including phenoxy) is 1. The number of H-pyrrole nitrogens is 1. The van der Waals surface area contributed by atoms with E-state index in [1.165, 1.54) is 10.9 Å². The minimum Gasteiger partial charge on any atom is -0.369 e. The molecule has 0 aliphatic carbocycles. The van der Waals surface area contributed by atoms with Crippen LogP contribution in [-0.4, -0.2) is 70.7 Å². The molecule has 1 radical (unpaired) electrons. The number of aromatic amines is 1. The van der Waals surface area contributed by atoms with E-state index in [4.69, 9.17) is 25.2 Å². The van der Waals surface area contributed by atoms with Gasteiger partial charge in [-0.25, -0.2) is 18.7 Å². The number of fused-ring (bicyclic) bond motifs is 1. The van der Waals surface area contributed by atoms with Crippen molar-refractivity contribution in [1.29, 1.82) is 0 Å². The summed E-state index contributed by atoms with van der Waals surface area (Å²) in [5.41, 5.74) is 5.17. The van der Waals surface area contributed by atoms with Crippen molar-refractivity contribution in [2.75, 3.05) is 12.3 Å². The van der Waals surface area contributed by atoms with Crippen molar-refractivity contribution in [1.82, 2.24) is 19.5 Å². The van der Waals surface area contributed by atoms with Gasteiger partial charge in [0.05, 0.1) is 19.0 Å². The van der Waals surface area contributed by atoms with E-state index >= 15 is 0 Å². The molecule has 4 atom stereocenters. The zero-order valence-electron chi connectivity index (χ0n) is 15.7. The first kappa shape index (κ1) is 26.4. The molecule has 21 heteroatoms. The molecule has 0 spiro atoms. The van der Waals surface area contributed by atoms with E-state index in [-0.39, 0.29) is 36.0 Å². The normalized spacial score (nSPS) is 23.2. The Morgan fingerprint density at radius 1 is 1.19 bits per heavy atom. The second kappa shape index (κ2) is 9.54. The first-order chi connectivity index (χ1) is 13.7. The Labute approximate surface area is 184 Å². The molecule has 169 valence electrons. The zero-order valence-corrected chi connectivity index (χ0v) is 18.4. The van der Waals surface area contributed by atoms with Gasteiger partial charge in [0, 0.05) is 18.9 Å². The molecule has 7 N–H and O–H groups in total. The van der Waals surface area contributed by atoms with Crippen LogP contribution in [0.5, 0.6) is 0 Å². The van der Waals surface area contributed by atoms with Gasteiger partial charge >= 0.3 is 23.5 Å². The van der Waals surface area contributed by atoms with Crippen LogP contribution in [0.4, 0.5) is 5.95 Å². The molecule has 0 saturated carbocycles. The SMILES string of the molecule is Nc1nc2c(ncn2C2CCC(COP(=O)(O)OP(=O)(O)OP(=O)(O)O)O2)c(=O)[nH]1.[Li]. The molecule has 0 aromatic carbocycles. The summed E-state index contributed by atoms with van der Waals surface area (Å²) in [7, 11) is -16.3. The maximum atomic E-state index is 11.8. The van der Waals surface area contributed by atoms with Gasteiger partial charge in [-0.15, -0.1) is 0 Å². The average molecular weight is 498 g/mol. The van der Waals surface area contributed by atoms with Crippen molar-refractivity contribution in [3.63, 3.8) is 0 Å². The number of aromatic nitrogens is 4. The van der Waals surface area contributed by atoms with E-state index in [0.29, 0.717) is 12.8 Å². The van der Waals surface area contributed by atoms with Crippen molar-refractivity contribution in [3.05, 3.63) is 16.7 Å². The van der Waals surface area contributed by atoms with Gasteiger partial charge < -0.3 is 30.0 Å². The van der Waals surface area contributed by atoms with Crippen molar-refractivity contribution < 1.29 is 51.2 Å². The van der Waals surface area contributed by atoms with Crippen molar-refractivity contribution in [2.45, 2.75) is 25.2 Å². The number of nitrogen functional groups attached to an aromatic ring is 1. The molecule has 2 aromatic rings. The van der Waals surface area contributed by atoms with E-state index in [0.717, 1.165) is 0 Å². The van der Waals surface area contributed by atoms with Gasteiger partial charge in [0.15, 0.2) is 11.2 Å². The molecule has 1 fully saturated rings. The second-order valence-corrected chi connectivity index (χ2v) is 10.4. The average Bonchev–Trinajstić information content (AvgIpc) is 3.15. The van der Waals surface area contributed by atoms with Crippen LogP contribution in [0.3, 0.4) is 0 Å². The van der Waals surface area contributed by atoms with Crippen molar-refractivity contribution in [3.8, 4) is 0 Å². The van der Waals surface area contributed by atoms with Crippen LogP contribution < -0.4 is 11.3 Å². The third kappa shape index (κ3) is 7.05. The van der Waals surface area contributed by atoms with Crippen LogP contribution in [0.15, 0.2) is 11.1 Å². The monoisotopic (exact) mass is 498 g/mol. The van der Waals surface area contributed by atoms with Gasteiger partial charge in [0.2, 0.25) is 5.95 Å². The molecule has 3 heterocycles. The van der Waals surface area contributed by atoms with E-state index in [1.807, 2.05) is 0 Å². The van der Waals surface area contributed by atoms with Gasteiger partial charge in [-0.05, 0) is 12.8 Å². The number of nitrogens with two attached hydrogens (primary N) is 1. The van der Waals surface area contributed by atoms with Crippen LogP contribution in [0, 0.1) is 0 Å². The Kier molecular flexibility index (Phi) is 8.12. The van der Waals surface area contributed by atoms with Crippen LogP contribution in [0.2, 0.25) is 0 Å². The molecule has 0 amide bonds. The number of imidazole rings is 1. The molecule has 0 bridgehead atoms. The van der Waals surface area contributed by atoms with Crippen LogP contribution >= 0.6 is 23.5 Å². The topological polar surface area (TPSA) is 259 Å². The van der Waals surface area contributed by atoms with Crippen LogP contribution in [0.1, 0.15) is 19.1 Å². The number of anilines is 1. The van der Waals surface area contributed by atoms with E-state index in [1.54, 1.807) is 0 Å². The van der Waals surface area contributed by atoms with Crippen molar-refractivity contribution >= 4 is 59.4 Å². The molecule has 4 unspecified atom stereocenters. The van der Waals surface area contributed by atoms with Gasteiger partial charge in [0.25, 0.3) is 5.56 Å². The number of nitrogens with one attached hydrogen (secondary N) is 1. The van der Waals surface area contributed by atoms with Crippen LogP contribution in [0.25, 0.3) is 11.2 Å². The third-order valence-electron chi connectivity index (χ3n) is 3.69. The summed E-state index contributed by atoms with van der Waals surface area (Å²) >= 11 is 0. The van der Waals surface area contributed by atoms with E-state index in [9.17, 15) is 23.4 Å². The molecule has 17 nitrogen and oxygen atoms in total. The maximum absolute atomic E-state index is 11.8. The standard InChI is InChI=1S/C10H16N5O12P3.Li/c11-10-13-8-7(9(16)14-10)12-4-15(8)6-2-1-5(25-6)3-24-29(20,21)27-30(22,23)26-28(17,18)19;/h4-6H,1-3H2,(H,20,21)(H,22,23)(H2,17,18,19)(H3,11,13,14,16);. The van der Waals surface area contributed by atoms with Gasteiger partial charge in [-0.2, -0.15) is 13.6 Å². The fourth-order valence-corrected chi connectivity index (χ4v) is 5.70. The first-order valence-electron chi connectivity index (χ1n) is 7.91. The molecule has 1 saturated heterocycles. The maximum Gasteiger partial charge on any atom is 0.490 e. The summed E-state index contributed by atoms with van der Waals surface area (Å²) in [5.74, 6) is -0.128. The number of rotatable bonds is 8. The second-order valence-electron chi connectivity index (χ2n) is 5.95. The molecule has 31 heavy (non-hydrogen) atoms. The molecular formula is C10H16LiN5O12P3. The Balaban J connectivity index is 0.00000341. The summed E-state index contributed by atoms with van der Waals surface area (Å²) in [6, 6.07) is 0. The Morgan fingerprint density at radius 2 is 1.87 bits per heavy atom. The molecule has 1 aliphatic rings. The third-order valence-corrected chi connectivity index (χ3v) is 7.49. The summed E-state index contributed by atoms with van der Waals surface area (Å²) in [5, 5.41) is 0. The first-order valence-corrected chi connectivity index (χ1v) is 12.4. The fourth-order valence-electron chi connectivity index (χ4n) is 2.65. The number of hydrogen-bond donors (Lipinski definition) is 6. The van der Waals surface area contributed by atoms with Crippen LogP contribution in [-0.2, 0) is 31.6 Å². The van der Waals surface area contributed by atoms with E-state index < -0.39 is 48.0 Å². The number of phosphoric acid groups is 3. The van der Waals surface area contributed by atoms with Gasteiger partial charge in [-0.3, -0.25) is 18.9 Å². The number of phosphoric ester groups is 1. The minimum absolute atomic E-state index is 0. The summed E-state index contributed by atoms with van der Waals surface area (Å²) in [6.07, 6.45) is 0.528. The Hall–Kier alpha value is -0.883.